The molecule has 0 aromatic heterocycles. The second-order valence-corrected chi connectivity index (χ2v) is 4.95. The first kappa shape index (κ1) is 18.2. The van der Waals surface area contributed by atoms with Crippen molar-refractivity contribution in [3.63, 3.8) is 0 Å². The van der Waals surface area contributed by atoms with Crippen molar-refractivity contribution in [2.75, 3.05) is 10.6 Å². The fourth-order valence-corrected chi connectivity index (χ4v) is 1.88. The number of nitrogens with zero attached hydrogens (tertiary/aromatic N) is 2. The lowest BCUT2D eigenvalue weighted by Gasteiger charge is -2.05. The van der Waals surface area contributed by atoms with E-state index in [9.17, 15) is 19.7 Å². The van der Waals surface area contributed by atoms with Crippen LogP contribution in [0.25, 0.3) is 0 Å². The summed E-state index contributed by atoms with van der Waals surface area (Å²) in [6.45, 7) is 0. The van der Waals surface area contributed by atoms with Gasteiger partial charge in [-0.1, -0.05) is 0 Å². The molecule has 0 radical (unpaired) electrons. The van der Waals surface area contributed by atoms with Gasteiger partial charge in [0.15, 0.2) is 0 Å². The van der Waals surface area contributed by atoms with E-state index in [1.807, 2.05) is 0 Å². The Morgan fingerprint density at radius 2 is 1.65 bits per heavy atom. The van der Waals surface area contributed by atoms with Crippen LogP contribution < -0.4 is 10.6 Å². The summed E-state index contributed by atoms with van der Waals surface area (Å²) in [5.41, 5.74) is 0.547. The largest absolute Gasteiger partial charge is 0.478 e. The number of benzene rings is 2. The van der Waals surface area contributed by atoms with E-state index in [4.69, 9.17) is 10.4 Å². The number of carbonyl (C=O) groups excluding carboxylic acids is 1. The Kier molecular flexibility index (Phi) is 5.63. The molecule has 0 fully saturated rings. The van der Waals surface area contributed by atoms with Crippen LogP contribution in [0.3, 0.4) is 0 Å². The van der Waals surface area contributed by atoms with E-state index in [0.29, 0.717) is 11.4 Å². The highest BCUT2D eigenvalue weighted by molar-refractivity contribution is 6.06. The molecule has 0 spiro atoms. The number of nitro groups is 1. The molecule has 0 unspecified atom stereocenters. The van der Waals surface area contributed by atoms with Crippen molar-refractivity contribution in [3.8, 4) is 6.07 Å². The highest BCUT2D eigenvalue weighted by Gasteiger charge is 2.11. The third kappa shape index (κ3) is 4.65. The predicted molar refractivity (Wildman–Crippen MR) is 92.4 cm³/mol. The minimum Gasteiger partial charge on any atom is -0.478 e. The highest BCUT2D eigenvalue weighted by Crippen LogP contribution is 2.16. The molecule has 0 saturated heterocycles. The van der Waals surface area contributed by atoms with Crippen molar-refractivity contribution in [1.29, 1.82) is 5.26 Å². The van der Waals surface area contributed by atoms with Crippen LogP contribution in [0, 0.1) is 21.4 Å². The summed E-state index contributed by atoms with van der Waals surface area (Å²) in [4.78, 5) is 32.9. The van der Waals surface area contributed by atoms with Crippen LogP contribution in [0.15, 0.2) is 60.3 Å². The number of anilines is 2. The number of hydrogen-bond donors (Lipinski definition) is 3. The van der Waals surface area contributed by atoms with Crippen LogP contribution in [0.5, 0.6) is 0 Å². The molecule has 0 aliphatic rings. The van der Waals surface area contributed by atoms with Crippen LogP contribution in [0.2, 0.25) is 0 Å². The lowest BCUT2D eigenvalue weighted by molar-refractivity contribution is -0.384. The van der Waals surface area contributed by atoms with Crippen LogP contribution in [-0.2, 0) is 4.79 Å². The molecule has 0 aliphatic carbocycles. The Morgan fingerprint density at radius 1 is 1.08 bits per heavy atom. The van der Waals surface area contributed by atoms with Crippen LogP contribution in [0.4, 0.5) is 17.1 Å². The second kappa shape index (κ2) is 8.07. The average Bonchev–Trinajstić information content (AvgIpc) is 2.63. The monoisotopic (exact) mass is 352 g/mol. The minimum atomic E-state index is -1.06. The van der Waals surface area contributed by atoms with Gasteiger partial charge in [-0.25, -0.2) is 4.79 Å². The number of nitrogens with one attached hydrogen (secondary N) is 2. The van der Waals surface area contributed by atoms with Crippen LogP contribution in [0.1, 0.15) is 10.4 Å². The quantitative estimate of drug-likeness (QED) is 0.313. The zero-order valence-corrected chi connectivity index (χ0v) is 13.2. The molecule has 2 aromatic carbocycles. The maximum Gasteiger partial charge on any atom is 0.335 e. The fourth-order valence-electron chi connectivity index (χ4n) is 1.88. The van der Waals surface area contributed by atoms with Crippen LogP contribution in [-0.4, -0.2) is 21.9 Å². The number of nitro benzene ring substituents is 1. The molecule has 130 valence electrons. The zero-order chi connectivity index (χ0) is 19.1. The van der Waals surface area contributed by atoms with Gasteiger partial charge in [-0.15, -0.1) is 0 Å². The second-order valence-electron chi connectivity index (χ2n) is 4.95. The van der Waals surface area contributed by atoms with Crippen molar-refractivity contribution in [3.05, 3.63) is 76.0 Å². The number of carboxylic acid groups (broad SMARTS) is 1. The molecule has 0 heterocycles. The van der Waals surface area contributed by atoms with Gasteiger partial charge in [0.2, 0.25) is 0 Å². The molecule has 3 N–H and O–H groups in total. The number of aromatic carboxylic acids is 1. The first-order valence-electron chi connectivity index (χ1n) is 7.16. The van der Waals surface area contributed by atoms with E-state index >= 15 is 0 Å². The predicted octanol–water partition coefficient (Wildman–Crippen LogP) is 2.75. The van der Waals surface area contributed by atoms with Gasteiger partial charge in [0.05, 0.1) is 10.5 Å². The first-order chi connectivity index (χ1) is 12.4. The summed E-state index contributed by atoms with van der Waals surface area (Å²) in [6, 6.07) is 12.6. The zero-order valence-electron chi connectivity index (χ0n) is 13.2. The lowest BCUT2D eigenvalue weighted by Crippen LogP contribution is -2.14. The fraction of sp³-hybridized carbons (Fsp3) is 0. The molecule has 9 heteroatoms. The van der Waals surface area contributed by atoms with Gasteiger partial charge >= 0.3 is 5.97 Å². The van der Waals surface area contributed by atoms with Gasteiger partial charge in [-0.05, 0) is 36.4 Å². The molecule has 9 nitrogen and oxygen atoms in total. The Hall–Kier alpha value is -4.19. The van der Waals surface area contributed by atoms with Crippen LogP contribution >= 0.6 is 0 Å². The summed E-state index contributed by atoms with van der Waals surface area (Å²) in [5, 5.41) is 33.7. The van der Waals surface area contributed by atoms with Gasteiger partial charge in [-0.3, -0.25) is 14.9 Å². The van der Waals surface area contributed by atoms with Crippen molar-refractivity contribution in [2.45, 2.75) is 0 Å². The van der Waals surface area contributed by atoms with Gasteiger partial charge in [0.1, 0.15) is 11.6 Å². The Bertz CT molecular complexity index is 912. The normalized spacial score (nSPS) is 10.5. The topological polar surface area (TPSA) is 145 Å². The molecule has 0 bridgehead atoms. The van der Waals surface area contributed by atoms with Gasteiger partial charge in [0, 0.05) is 29.7 Å². The van der Waals surface area contributed by atoms with Crippen molar-refractivity contribution < 1.29 is 19.6 Å². The SMILES string of the molecule is N#C/C(=C/Nc1ccc(C(=O)O)cc1)C(=O)Nc1ccc([N+](=O)[O-])cc1. The maximum atomic E-state index is 12.1. The highest BCUT2D eigenvalue weighted by atomic mass is 16.6. The molecule has 2 rings (SSSR count). The summed E-state index contributed by atoms with van der Waals surface area (Å²) < 4.78 is 0. The Morgan fingerprint density at radius 3 is 2.15 bits per heavy atom. The molecule has 2 aromatic rings. The third-order valence-electron chi connectivity index (χ3n) is 3.22. The van der Waals surface area contributed by atoms with Gasteiger partial charge < -0.3 is 15.7 Å². The van der Waals surface area contributed by atoms with E-state index in [-0.39, 0.29) is 16.8 Å². The Balaban J connectivity index is 2.05. The summed E-state index contributed by atoms with van der Waals surface area (Å²) >= 11 is 0. The molecule has 0 aliphatic heterocycles. The van der Waals surface area contributed by atoms with Gasteiger partial charge in [0.25, 0.3) is 11.6 Å². The number of amides is 1. The first-order valence-corrected chi connectivity index (χ1v) is 7.16. The molecular weight excluding hydrogens is 340 g/mol. The number of rotatable bonds is 6. The summed E-state index contributed by atoms with van der Waals surface area (Å²) in [7, 11) is 0. The van der Waals surface area contributed by atoms with Gasteiger partial charge in [-0.2, -0.15) is 5.26 Å². The van der Waals surface area contributed by atoms with Crippen molar-refractivity contribution >= 4 is 28.9 Å². The Labute approximate surface area is 147 Å². The minimum absolute atomic E-state index is 0.107. The lowest BCUT2D eigenvalue weighted by atomic mass is 10.2. The third-order valence-corrected chi connectivity index (χ3v) is 3.22. The molecular formula is C17H12N4O5. The standard InChI is InChI=1S/C17H12N4O5/c18-9-12(10-19-13-3-1-11(2-4-13)17(23)24)16(22)20-14-5-7-15(8-6-14)21(25)26/h1-8,10,19H,(H,20,22)(H,23,24)/b12-10-. The van der Waals surface area contributed by atoms with E-state index < -0.39 is 16.8 Å². The van der Waals surface area contributed by atoms with E-state index in [0.717, 1.165) is 0 Å². The maximum absolute atomic E-state index is 12.1. The summed E-state index contributed by atoms with van der Waals surface area (Å²) in [6.07, 6.45) is 1.18. The van der Waals surface area contributed by atoms with E-state index in [2.05, 4.69) is 10.6 Å². The average molecular weight is 352 g/mol. The molecule has 0 atom stereocenters. The molecule has 0 saturated carbocycles. The number of hydrogen-bond acceptors (Lipinski definition) is 6. The number of nitriles is 1. The van der Waals surface area contributed by atoms with E-state index in [1.54, 1.807) is 6.07 Å². The smallest absolute Gasteiger partial charge is 0.335 e. The van der Waals surface area contributed by atoms with Crippen molar-refractivity contribution in [1.82, 2.24) is 0 Å². The molecule has 26 heavy (non-hydrogen) atoms. The molecule has 1 amide bonds. The summed E-state index contributed by atoms with van der Waals surface area (Å²) in [5.74, 6) is -1.76. The number of non-ortho nitro benzene ring substituents is 1. The van der Waals surface area contributed by atoms with E-state index in [1.165, 1.54) is 54.7 Å². The number of carbonyl (C=O) groups is 2. The van der Waals surface area contributed by atoms with Crippen molar-refractivity contribution in [2.24, 2.45) is 0 Å². The number of carboxylic acids is 1.